The molecule has 1 N–H and O–H groups in total. The maximum atomic E-state index is 12.5. The topological polar surface area (TPSA) is 114 Å². The molecule has 1 aliphatic carbocycles. The van der Waals surface area contributed by atoms with Crippen LogP contribution in [0.3, 0.4) is 0 Å². The Bertz CT molecular complexity index is 1230. The Morgan fingerprint density at radius 2 is 1.91 bits per heavy atom. The minimum absolute atomic E-state index is 0.0829. The maximum Gasteiger partial charge on any atom is 0.410 e. The highest BCUT2D eigenvalue weighted by Gasteiger charge is 2.30. The molecule has 2 amide bonds. The van der Waals surface area contributed by atoms with Crippen molar-refractivity contribution < 1.29 is 19.1 Å². The number of carbonyl (C=O) groups is 2. The van der Waals surface area contributed by atoms with Crippen molar-refractivity contribution in [2.24, 2.45) is 0 Å². The summed E-state index contributed by atoms with van der Waals surface area (Å²) in [5.74, 6) is 1.32. The molecule has 3 fully saturated rings. The maximum absolute atomic E-state index is 12.5. The van der Waals surface area contributed by atoms with Gasteiger partial charge in [-0.3, -0.25) is 4.79 Å². The van der Waals surface area contributed by atoms with Crippen molar-refractivity contribution >= 4 is 23.5 Å². The predicted octanol–water partition coefficient (Wildman–Crippen LogP) is 1.48. The second-order valence-corrected chi connectivity index (χ2v) is 8.77. The number of hydrogen-bond acceptors (Lipinski definition) is 8. The Labute approximate surface area is 195 Å². The molecular formula is C23H25N7O4. The number of aromatic nitrogens is 4. The van der Waals surface area contributed by atoms with Crippen molar-refractivity contribution in [1.29, 1.82) is 0 Å². The Hall–Kier alpha value is -3.89. The van der Waals surface area contributed by atoms with Crippen LogP contribution in [0.2, 0.25) is 0 Å². The zero-order valence-electron chi connectivity index (χ0n) is 18.6. The van der Waals surface area contributed by atoms with Crippen LogP contribution in [-0.2, 0) is 9.53 Å². The number of amides is 2. The Morgan fingerprint density at radius 3 is 2.68 bits per heavy atom. The van der Waals surface area contributed by atoms with Gasteiger partial charge in [0.1, 0.15) is 18.0 Å². The van der Waals surface area contributed by atoms with Crippen LogP contribution in [0, 0.1) is 0 Å². The van der Waals surface area contributed by atoms with Crippen molar-refractivity contribution in [2.75, 3.05) is 37.6 Å². The molecule has 0 aromatic carbocycles. The van der Waals surface area contributed by atoms with Crippen molar-refractivity contribution in [3.8, 4) is 17.1 Å². The molecule has 0 unspecified atom stereocenters. The second-order valence-electron chi connectivity index (χ2n) is 8.77. The number of imidazole rings is 1. The van der Waals surface area contributed by atoms with Gasteiger partial charge in [-0.05, 0) is 37.1 Å². The van der Waals surface area contributed by atoms with Gasteiger partial charge < -0.3 is 24.6 Å². The average molecular weight is 463 g/mol. The zero-order valence-corrected chi connectivity index (χ0v) is 18.6. The SMILES string of the molecule is O=C1C[C@H](OC(=O)N2CCN(c3ccc4ncc(-c5cccnc5OC5CC5)n4n3)CC2)CN1. The van der Waals surface area contributed by atoms with Crippen LogP contribution in [0.15, 0.2) is 36.7 Å². The van der Waals surface area contributed by atoms with E-state index in [0.29, 0.717) is 38.6 Å². The number of fused-ring (bicyclic) bond motifs is 1. The van der Waals surface area contributed by atoms with E-state index in [4.69, 9.17) is 14.6 Å². The van der Waals surface area contributed by atoms with E-state index in [1.807, 2.05) is 28.8 Å². The molecule has 3 aromatic heterocycles. The molecule has 2 aliphatic heterocycles. The monoisotopic (exact) mass is 463 g/mol. The average Bonchev–Trinajstić information content (AvgIpc) is 3.43. The van der Waals surface area contributed by atoms with E-state index >= 15 is 0 Å². The number of pyridine rings is 1. The van der Waals surface area contributed by atoms with Crippen LogP contribution < -0.4 is 15.0 Å². The molecule has 11 nitrogen and oxygen atoms in total. The fraction of sp³-hybridized carbons (Fsp3) is 0.435. The highest BCUT2D eigenvalue weighted by atomic mass is 16.6. The number of anilines is 1. The van der Waals surface area contributed by atoms with Gasteiger partial charge in [-0.25, -0.2) is 19.3 Å². The third-order valence-electron chi connectivity index (χ3n) is 6.27. The highest BCUT2D eigenvalue weighted by molar-refractivity contribution is 5.79. The van der Waals surface area contributed by atoms with E-state index in [-0.39, 0.29) is 30.6 Å². The van der Waals surface area contributed by atoms with Gasteiger partial charge in [0.05, 0.1) is 30.4 Å². The number of rotatable bonds is 5. The summed E-state index contributed by atoms with van der Waals surface area (Å²) in [6.07, 6.45) is 5.34. The fourth-order valence-electron chi connectivity index (χ4n) is 4.24. The predicted molar refractivity (Wildman–Crippen MR) is 122 cm³/mol. The molecular weight excluding hydrogens is 438 g/mol. The summed E-state index contributed by atoms with van der Waals surface area (Å²) in [7, 11) is 0. The normalized spacial score (nSPS) is 20.5. The van der Waals surface area contributed by atoms with Crippen LogP contribution in [-0.4, -0.2) is 81.4 Å². The molecule has 5 heterocycles. The minimum Gasteiger partial charge on any atom is -0.474 e. The van der Waals surface area contributed by atoms with Gasteiger partial charge in [0, 0.05) is 32.4 Å². The number of ether oxygens (including phenoxy) is 2. The van der Waals surface area contributed by atoms with E-state index in [1.165, 1.54) is 0 Å². The minimum atomic E-state index is -0.386. The molecule has 3 aromatic rings. The van der Waals surface area contributed by atoms with Crippen LogP contribution >= 0.6 is 0 Å². The van der Waals surface area contributed by atoms with Crippen molar-refractivity contribution in [1.82, 2.24) is 29.8 Å². The summed E-state index contributed by atoms with van der Waals surface area (Å²) in [5.41, 5.74) is 2.42. The largest absolute Gasteiger partial charge is 0.474 e. The standard InChI is InChI=1S/C23H25N7O4/c31-21-12-16(13-26-21)34-23(32)29-10-8-28(9-11-29)20-6-5-19-25-14-18(30(19)27-20)17-2-1-7-24-22(17)33-15-3-4-15/h1-2,5-7,14-16H,3-4,8-13H2,(H,26,31)/t16-/m0/s1. The van der Waals surface area contributed by atoms with Crippen LogP contribution in [0.1, 0.15) is 19.3 Å². The number of carbonyl (C=O) groups excluding carboxylic acids is 2. The highest BCUT2D eigenvalue weighted by Crippen LogP contribution is 2.33. The lowest BCUT2D eigenvalue weighted by atomic mass is 10.2. The van der Waals surface area contributed by atoms with Crippen LogP contribution in [0.5, 0.6) is 5.88 Å². The molecule has 3 aliphatic rings. The number of nitrogens with one attached hydrogen (secondary N) is 1. The van der Waals surface area contributed by atoms with Gasteiger partial charge in [-0.1, -0.05) is 0 Å². The molecule has 0 radical (unpaired) electrons. The molecule has 2 saturated heterocycles. The lowest BCUT2D eigenvalue weighted by Crippen LogP contribution is -2.50. The van der Waals surface area contributed by atoms with Crippen molar-refractivity contribution in [3.05, 3.63) is 36.7 Å². The van der Waals surface area contributed by atoms with E-state index in [1.54, 1.807) is 17.3 Å². The summed E-state index contributed by atoms with van der Waals surface area (Å²) in [4.78, 5) is 36.5. The lowest BCUT2D eigenvalue weighted by molar-refractivity contribution is -0.119. The zero-order chi connectivity index (χ0) is 23.1. The molecule has 11 heteroatoms. The summed E-state index contributed by atoms with van der Waals surface area (Å²) >= 11 is 0. The first-order chi connectivity index (χ1) is 16.6. The summed E-state index contributed by atoms with van der Waals surface area (Å²) < 4.78 is 13.3. The van der Waals surface area contributed by atoms with Gasteiger partial charge in [-0.15, -0.1) is 5.10 Å². The number of piperazine rings is 1. The Morgan fingerprint density at radius 1 is 1.06 bits per heavy atom. The number of hydrogen-bond donors (Lipinski definition) is 1. The smallest absolute Gasteiger partial charge is 0.410 e. The van der Waals surface area contributed by atoms with Gasteiger partial charge in [0.25, 0.3) is 0 Å². The third kappa shape index (κ3) is 4.09. The van der Waals surface area contributed by atoms with Gasteiger partial charge in [-0.2, -0.15) is 0 Å². The van der Waals surface area contributed by atoms with Crippen molar-refractivity contribution in [2.45, 2.75) is 31.5 Å². The fourth-order valence-corrected chi connectivity index (χ4v) is 4.24. The van der Waals surface area contributed by atoms with Gasteiger partial charge in [0.15, 0.2) is 5.65 Å². The van der Waals surface area contributed by atoms with E-state index in [0.717, 1.165) is 35.6 Å². The molecule has 34 heavy (non-hydrogen) atoms. The Kier molecular flexibility index (Phi) is 5.16. The van der Waals surface area contributed by atoms with Gasteiger partial charge in [0.2, 0.25) is 11.8 Å². The summed E-state index contributed by atoms with van der Waals surface area (Å²) in [6.45, 7) is 2.67. The van der Waals surface area contributed by atoms with Crippen molar-refractivity contribution in [3.63, 3.8) is 0 Å². The first kappa shape index (κ1) is 20.7. The van der Waals surface area contributed by atoms with Crippen LogP contribution in [0.25, 0.3) is 16.9 Å². The molecule has 1 saturated carbocycles. The third-order valence-corrected chi connectivity index (χ3v) is 6.27. The van der Waals surface area contributed by atoms with Crippen LogP contribution in [0.4, 0.5) is 10.6 Å². The first-order valence-corrected chi connectivity index (χ1v) is 11.6. The molecule has 176 valence electrons. The summed E-state index contributed by atoms with van der Waals surface area (Å²) in [6, 6.07) is 7.74. The number of nitrogens with zero attached hydrogens (tertiary/aromatic N) is 6. The molecule has 0 bridgehead atoms. The van der Waals surface area contributed by atoms with E-state index in [2.05, 4.69) is 20.2 Å². The molecule has 0 spiro atoms. The summed E-state index contributed by atoms with van der Waals surface area (Å²) in [5, 5.41) is 7.53. The Balaban J connectivity index is 1.17. The first-order valence-electron chi connectivity index (χ1n) is 11.6. The lowest BCUT2D eigenvalue weighted by Gasteiger charge is -2.35. The van der Waals surface area contributed by atoms with Gasteiger partial charge >= 0.3 is 6.09 Å². The quantitative estimate of drug-likeness (QED) is 0.605. The molecule has 1 atom stereocenters. The van der Waals surface area contributed by atoms with E-state index < -0.39 is 0 Å². The molecule has 6 rings (SSSR count). The van der Waals surface area contributed by atoms with E-state index in [9.17, 15) is 9.59 Å². The second kappa shape index (κ2) is 8.47.